The Morgan fingerprint density at radius 1 is 1.16 bits per heavy atom. The van der Waals surface area contributed by atoms with Gasteiger partial charge in [-0.1, -0.05) is 60.1 Å². The zero-order valence-corrected chi connectivity index (χ0v) is 14.5. The third-order valence-electron chi connectivity index (χ3n) is 3.99. The molecule has 0 saturated carbocycles. The molecular formula is C18H18ClN5O. The molecule has 0 fully saturated rings. The van der Waals surface area contributed by atoms with Crippen LogP contribution in [0.5, 0.6) is 0 Å². The molecule has 1 N–H and O–H groups in total. The molecule has 0 saturated heterocycles. The van der Waals surface area contributed by atoms with Crippen LogP contribution < -0.4 is 5.32 Å². The van der Waals surface area contributed by atoms with E-state index >= 15 is 0 Å². The van der Waals surface area contributed by atoms with Gasteiger partial charge >= 0.3 is 0 Å². The maximum Gasteiger partial charge on any atom is 0.245 e. The largest absolute Gasteiger partial charge is 0.348 e. The second-order valence-corrected chi connectivity index (χ2v) is 6.15. The van der Waals surface area contributed by atoms with Crippen LogP contribution in [0.2, 0.25) is 5.02 Å². The summed E-state index contributed by atoms with van der Waals surface area (Å²) in [6.45, 7) is 1.90. The highest BCUT2D eigenvalue weighted by Gasteiger charge is 2.24. The van der Waals surface area contributed by atoms with E-state index in [-0.39, 0.29) is 11.9 Å². The average molecular weight is 356 g/mol. The van der Waals surface area contributed by atoms with Crippen molar-refractivity contribution in [3.63, 3.8) is 0 Å². The summed E-state index contributed by atoms with van der Waals surface area (Å²) in [5, 5.41) is 14.8. The fraction of sp³-hybridized carbons (Fsp3) is 0.222. The van der Waals surface area contributed by atoms with Crippen molar-refractivity contribution in [3.8, 4) is 0 Å². The topological polar surface area (TPSA) is 72.7 Å². The van der Waals surface area contributed by atoms with E-state index < -0.39 is 6.04 Å². The van der Waals surface area contributed by atoms with E-state index in [2.05, 4.69) is 20.8 Å². The third kappa shape index (κ3) is 4.22. The van der Waals surface area contributed by atoms with Gasteiger partial charge in [-0.05, 0) is 34.5 Å². The number of benzene rings is 2. The van der Waals surface area contributed by atoms with Gasteiger partial charge < -0.3 is 5.32 Å². The molecule has 2 unspecified atom stereocenters. The third-order valence-corrected chi connectivity index (χ3v) is 4.33. The van der Waals surface area contributed by atoms with E-state index in [0.717, 1.165) is 11.1 Å². The van der Waals surface area contributed by atoms with Gasteiger partial charge in [0.15, 0.2) is 0 Å². The number of hydrogen-bond donors (Lipinski definition) is 1. The summed E-state index contributed by atoms with van der Waals surface area (Å²) >= 11 is 6.22. The van der Waals surface area contributed by atoms with Crippen LogP contribution >= 0.6 is 11.6 Å². The molecule has 2 atom stereocenters. The summed E-state index contributed by atoms with van der Waals surface area (Å²) in [6, 6.07) is 16.5. The van der Waals surface area contributed by atoms with Gasteiger partial charge in [-0.25, -0.2) is 4.68 Å². The first-order chi connectivity index (χ1) is 12.1. The molecule has 7 heteroatoms. The van der Waals surface area contributed by atoms with E-state index in [1.165, 1.54) is 11.0 Å². The lowest BCUT2D eigenvalue weighted by atomic mass is 10.0. The molecule has 0 aliphatic heterocycles. The summed E-state index contributed by atoms with van der Waals surface area (Å²) in [5.41, 5.74) is 1.90. The standard InChI is InChI=1S/C18H18ClN5O/c1-13(15-9-5-6-10-16(15)19)21-18(25)17(24-12-20-22-23-24)11-14-7-3-2-4-8-14/h2-10,12-13,17H,11H2,1H3,(H,21,25). The van der Waals surface area contributed by atoms with E-state index in [9.17, 15) is 4.79 Å². The van der Waals surface area contributed by atoms with Crippen LogP contribution in [-0.4, -0.2) is 26.1 Å². The molecule has 1 aromatic heterocycles. The molecule has 0 spiro atoms. The Morgan fingerprint density at radius 3 is 2.56 bits per heavy atom. The highest BCUT2D eigenvalue weighted by molar-refractivity contribution is 6.31. The van der Waals surface area contributed by atoms with Crippen LogP contribution in [0.1, 0.15) is 30.1 Å². The van der Waals surface area contributed by atoms with Crippen molar-refractivity contribution in [3.05, 3.63) is 77.1 Å². The Labute approximate surface area is 150 Å². The number of tetrazole rings is 1. The molecule has 1 amide bonds. The number of amides is 1. The van der Waals surface area contributed by atoms with Gasteiger partial charge in [0.1, 0.15) is 12.4 Å². The fourth-order valence-electron chi connectivity index (χ4n) is 2.67. The second kappa shape index (κ2) is 7.90. The second-order valence-electron chi connectivity index (χ2n) is 5.75. The van der Waals surface area contributed by atoms with Crippen LogP contribution in [0.4, 0.5) is 0 Å². The lowest BCUT2D eigenvalue weighted by molar-refractivity contribution is -0.125. The highest BCUT2D eigenvalue weighted by Crippen LogP contribution is 2.23. The minimum absolute atomic E-state index is 0.163. The van der Waals surface area contributed by atoms with Crippen molar-refractivity contribution in [2.75, 3.05) is 0 Å². The molecule has 25 heavy (non-hydrogen) atoms. The molecule has 6 nitrogen and oxygen atoms in total. The Morgan fingerprint density at radius 2 is 1.88 bits per heavy atom. The fourth-order valence-corrected chi connectivity index (χ4v) is 2.97. The smallest absolute Gasteiger partial charge is 0.245 e. The molecule has 0 radical (unpaired) electrons. The maximum absolute atomic E-state index is 12.9. The summed E-state index contributed by atoms with van der Waals surface area (Å²) in [7, 11) is 0. The van der Waals surface area contributed by atoms with Crippen LogP contribution in [0.15, 0.2) is 60.9 Å². The number of nitrogens with zero attached hydrogens (tertiary/aromatic N) is 4. The molecule has 0 aliphatic rings. The Kier molecular flexibility index (Phi) is 5.40. The Balaban J connectivity index is 1.79. The predicted octanol–water partition coefficient (Wildman–Crippen LogP) is 2.99. The van der Waals surface area contributed by atoms with Gasteiger partial charge in [0.2, 0.25) is 5.91 Å². The molecular weight excluding hydrogens is 338 g/mol. The van der Waals surface area contributed by atoms with Crippen molar-refractivity contribution < 1.29 is 4.79 Å². The number of carbonyl (C=O) groups is 1. The lowest BCUT2D eigenvalue weighted by Gasteiger charge is -2.21. The summed E-state index contributed by atoms with van der Waals surface area (Å²) in [4.78, 5) is 12.9. The molecule has 0 aliphatic carbocycles. The molecule has 2 aromatic carbocycles. The first kappa shape index (κ1) is 17.1. The van der Waals surface area contributed by atoms with E-state index in [1.54, 1.807) is 0 Å². The summed E-state index contributed by atoms with van der Waals surface area (Å²) in [5.74, 6) is -0.163. The minimum atomic E-state index is -0.540. The van der Waals surface area contributed by atoms with Gasteiger partial charge in [-0.2, -0.15) is 0 Å². The highest BCUT2D eigenvalue weighted by atomic mass is 35.5. The van der Waals surface area contributed by atoms with Gasteiger partial charge in [0.05, 0.1) is 6.04 Å². The molecule has 0 bridgehead atoms. The van der Waals surface area contributed by atoms with Crippen molar-refractivity contribution in [2.24, 2.45) is 0 Å². The van der Waals surface area contributed by atoms with E-state index in [4.69, 9.17) is 11.6 Å². The monoisotopic (exact) mass is 355 g/mol. The minimum Gasteiger partial charge on any atom is -0.348 e. The average Bonchev–Trinajstić information content (AvgIpc) is 3.15. The van der Waals surface area contributed by atoms with Gasteiger partial charge in [0.25, 0.3) is 0 Å². The predicted molar refractivity (Wildman–Crippen MR) is 95.0 cm³/mol. The lowest BCUT2D eigenvalue weighted by Crippen LogP contribution is -2.36. The van der Waals surface area contributed by atoms with Crippen molar-refractivity contribution in [1.82, 2.24) is 25.5 Å². The molecule has 3 aromatic rings. The van der Waals surface area contributed by atoms with Crippen molar-refractivity contribution in [1.29, 1.82) is 0 Å². The number of aromatic nitrogens is 4. The van der Waals surface area contributed by atoms with Crippen LogP contribution in [0.25, 0.3) is 0 Å². The molecule has 128 valence electrons. The SMILES string of the molecule is CC(NC(=O)C(Cc1ccccc1)n1cnnn1)c1ccccc1Cl. The summed E-state index contributed by atoms with van der Waals surface area (Å²) < 4.78 is 1.47. The zero-order valence-electron chi connectivity index (χ0n) is 13.7. The number of halogens is 1. The molecule has 1 heterocycles. The van der Waals surface area contributed by atoms with Gasteiger partial charge in [0, 0.05) is 11.4 Å². The number of rotatable bonds is 6. The number of carbonyl (C=O) groups excluding carboxylic acids is 1. The van der Waals surface area contributed by atoms with Gasteiger partial charge in [-0.15, -0.1) is 5.10 Å². The maximum atomic E-state index is 12.9. The van der Waals surface area contributed by atoms with Crippen molar-refractivity contribution in [2.45, 2.75) is 25.4 Å². The summed E-state index contributed by atoms with van der Waals surface area (Å²) in [6.07, 6.45) is 1.94. The van der Waals surface area contributed by atoms with Crippen LogP contribution in [-0.2, 0) is 11.2 Å². The molecule has 3 rings (SSSR count). The Bertz CT molecular complexity index is 823. The van der Waals surface area contributed by atoms with E-state index in [0.29, 0.717) is 11.4 Å². The van der Waals surface area contributed by atoms with Crippen LogP contribution in [0.3, 0.4) is 0 Å². The van der Waals surface area contributed by atoms with Crippen molar-refractivity contribution >= 4 is 17.5 Å². The van der Waals surface area contributed by atoms with Gasteiger partial charge in [-0.3, -0.25) is 4.79 Å². The normalized spacial score (nSPS) is 13.2. The first-order valence-corrected chi connectivity index (χ1v) is 8.34. The quantitative estimate of drug-likeness (QED) is 0.737. The van der Waals surface area contributed by atoms with Crippen LogP contribution in [0, 0.1) is 0 Å². The number of nitrogens with one attached hydrogen (secondary N) is 1. The zero-order chi connectivity index (χ0) is 17.6. The van der Waals surface area contributed by atoms with E-state index in [1.807, 2.05) is 61.5 Å². The number of hydrogen-bond acceptors (Lipinski definition) is 4. The Hall–Kier alpha value is -2.73. The first-order valence-electron chi connectivity index (χ1n) is 7.96.